The van der Waals surface area contributed by atoms with Gasteiger partial charge < -0.3 is 10.6 Å². The molecule has 1 aliphatic rings. The Morgan fingerprint density at radius 3 is 3.09 bits per heavy atom. The number of nitrogens with two attached hydrogens (primary N) is 1. The van der Waals surface area contributed by atoms with E-state index in [2.05, 4.69) is 0 Å². The Balaban J connectivity index is 2.54. The van der Waals surface area contributed by atoms with Crippen molar-refractivity contribution in [3.63, 3.8) is 0 Å². The second kappa shape index (κ2) is 3.23. The quantitative estimate of drug-likeness (QED) is 0.616. The maximum atomic E-state index is 10.5. The smallest absolute Gasteiger partial charge is 0.236 e. The number of nitrogens with zero attached hydrogens (tertiary/aromatic N) is 1. The van der Waals surface area contributed by atoms with Crippen molar-refractivity contribution < 1.29 is 4.79 Å². The predicted molar refractivity (Wildman–Crippen MR) is 43.7 cm³/mol. The molecule has 0 saturated heterocycles. The SMILES string of the molecule is CC1=CC=CCN1CC(N)=O. The van der Waals surface area contributed by atoms with Gasteiger partial charge in [0.25, 0.3) is 0 Å². The maximum absolute atomic E-state index is 10.5. The first-order valence-corrected chi connectivity index (χ1v) is 3.57. The predicted octanol–water partition coefficient (Wildman–Crippen LogP) is 0.247. The molecule has 0 aromatic heterocycles. The van der Waals surface area contributed by atoms with Crippen LogP contribution < -0.4 is 5.73 Å². The molecule has 0 saturated carbocycles. The lowest BCUT2D eigenvalue weighted by molar-refractivity contribution is -0.118. The summed E-state index contributed by atoms with van der Waals surface area (Å²) in [6.45, 7) is 3.06. The fourth-order valence-corrected chi connectivity index (χ4v) is 1.02. The molecule has 0 spiro atoms. The Hall–Kier alpha value is -1.25. The molecule has 2 N–H and O–H groups in total. The highest BCUT2D eigenvalue weighted by Crippen LogP contribution is 2.07. The maximum Gasteiger partial charge on any atom is 0.236 e. The summed E-state index contributed by atoms with van der Waals surface area (Å²) in [5.74, 6) is -0.284. The number of carbonyl (C=O) groups is 1. The molecule has 0 aromatic rings. The van der Waals surface area contributed by atoms with Crippen LogP contribution >= 0.6 is 0 Å². The Morgan fingerprint density at radius 2 is 2.55 bits per heavy atom. The van der Waals surface area contributed by atoms with Gasteiger partial charge in [0.2, 0.25) is 5.91 Å². The summed E-state index contributed by atoms with van der Waals surface area (Å²) in [7, 11) is 0. The molecule has 0 fully saturated rings. The number of allylic oxidation sites excluding steroid dienone is 3. The van der Waals surface area contributed by atoms with Crippen LogP contribution in [0.2, 0.25) is 0 Å². The summed E-state index contributed by atoms with van der Waals surface area (Å²) < 4.78 is 0. The number of carbonyl (C=O) groups excluding carboxylic acids is 1. The van der Waals surface area contributed by atoms with Crippen molar-refractivity contribution in [3.8, 4) is 0 Å². The van der Waals surface area contributed by atoms with Gasteiger partial charge in [-0.1, -0.05) is 12.2 Å². The van der Waals surface area contributed by atoms with Crippen LogP contribution in [0.15, 0.2) is 23.9 Å². The zero-order chi connectivity index (χ0) is 8.27. The summed E-state index contributed by atoms with van der Waals surface area (Å²) in [5, 5.41) is 0. The van der Waals surface area contributed by atoms with Gasteiger partial charge in [-0.05, 0) is 13.0 Å². The highest BCUT2D eigenvalue weighted by atomic mass is 16.1. The molecule has 0 atom stereocenters. The van der Waals surface area contributed by atoms with Crippen molar-refractivity contribution in [2.75, 3.05) is 13.1 Å². The van der Waals surface area contributed by atoms with Crippen molar-refractivity contribution in [1.29, 1.82) is 0 Å². The molecular weight excluding hydrogens is 140 g/mol. The molecule has 0 aromatic carbocycles. The van der Waals surface area contributed by atoms with Gasteiger partial charge in [-0.2, -0.15) is 0 Å². The molecule has 3 nitrogen and oxygen atoms in total. The fourth-order valence-electron chi connectivity index (χ4n) is 1.02. The molecule has 1 heterocycles. The average molecular weight is 152 g/mol. The van der Waals surface area contributed by atoms with E-state index in [-0.39, 0.29) is 5.91 Å². The molecule has 0 aliphatic carbocycles. The Bertz CT molecular complexity index is 218. The van der Waals surface area contributed by atoms with Gasteiger partial charge in [0.15, 0.2) is 0 Å². The van der Waals surface area contributed by atoms with E-state index in [9.17, 15) is 4.79 Å². The van der Waals surface area contributed by atoms with E-state index in [0.717, 1.165) is 12.2 Å². The van der Waals surface area contributed by atoms with Crippen LogP contribution in [0.4, 0.5) is 0 Å². The van der Waals surface area contributed by atoms with E-state index in [1.165, 1.54) is 0 Å². The van der Waals surface area contributed by atoms with E-state index >= 15 is 0 Å². The second-order valence-corrected chi connectivity index (χ2v) is 2.58. The van der Waals surface area contributed by atoms with Crippen LogP contribution in [0.5, 0.6) is 0 Å². The van der Waals surface area contributed by atoms with Gasteiger partial charge in [-0.3, -0.25) is 4.79 Å². The summed E-state index contributed by atoms with van der Waals surface area (Å²) in [4.78, 5) is 12.5. The van der Waals surface area contributed by atoms with Gasteiger partial charge in [-0.15, -0.1) is 0 Å². The molecule has 0 radical (unpaired) electrons. The number of rotatable bonds is 2. The van der Waals surface area contributed by atoms with E-state index in [0.29, 0.717) is 6.54 Å². The van der Waals surface area contributed by atoms with Crippen molar-refractivity contribution in [1.82, 2.24) is 4.90 Å². The van der Waals surface area contributed by atoms with Crippen LogP contribution in [0.1, 0.15) is 6.92 Å². The van der Waals surface area contributed by atoms with Crippen LogP contribution in [0, 0.1) is 0 Å². The standard InChI is InChI=1S/C8H12N2O/c1-7-4-2-3-5-10(7)6-8(9)11/h2-4H,5-6H2,1H3,(H2,9,11). The van der Waals surface area contributed by atoms with E-state index < -0.39 is 0 Å². The lowest BCUT2D eigenvalue weighted by Crippen LogP contribution is -2.33. The zero-order valence-corrected chi connectivity index (χ0v) is 6.58. The van der Waals surface area contributed by atoms with Gasteiger partial charge in [0, 0.05) is 12.2 Å². The van der Waals surface area contributed by atoms with Gasteiger partial charge in [-0.25, -0.2) is 0 Å². The Kier molecular flexibility index (Phi) is 2.31. The largest absolute Gasteiger partial charge is 0.368 e. The first-order chi connectivity index (χ1) is 5.20. The second-order valence-electron chi connectivity index (χ2n) is 2.58. The van der Waals surface area contributed by atoms with Crippen LogP contribution in [0.25, 0.3) is 0 Å². The molecule has 3 heteroatoms. The Morgan fingerprint density at radius 1 is 1.82 bits per heavy atom. The van der Waals surface area contributed by atoms with Crippen molar-refractivity contribution in [3.05, 3.63) is 23.9 Å². The topological polar surface area (TPSA) is 46.3 Å². The average Bonchev–Trinajstić information content (AvgIpc) is 1.93. The third-order valence-corrected chi connectivity index (χ3v) is 1.64. The molecule has 0 unspecified atom stereocenters. The number of hydrogen-bond acceptors (Lipinski definition) is 2. The molecule has 1 rings (SSSR count). The number of hydrogen-bond donors (Lipinski definition) is 1. The van der Waals surface area contributed by atoms with E-state index in [1.807, 2.05) is 30.1 Å². The highest BCUT2D eigenvalue weighted by molar-refractivity contribution is 5.76. The minimum Gasteiger partial charge on any atom is -0.368 e. The lowest BCUT2D eigenvalue weighted by Gasteiger charge is -2.24. The first-order valence-electron chi connectivity index (χ1n) is 3.57. The third kappa shape index (κ3) is 2.11. The molecule has 11 heavy (non-hydrogen) atoms. The fraction of sp³-hybridized carbons (Fsp3) is 0.375. The minimum atomic E-state index is -0.284. The number of primary amides is 1. The lowest BCUT2D eigenvalue weighted by atomic mass is 10.2. The monoisotopic (exact) mass is 152 g/mol. The molecule has 1 amide bonds. The van der Waals surface area contributed by atoms with Crippen LogP contribution in [-0.4, -0.2) is 23.9 Å². The zero-order valence-electron chi connectivity index (χ0n) is 6.58. The normalized spacial score (nSPS) is 16.5. The summed E-state index contributed by atoms with van der Waals surface area (Å²) in [5.41, 5.74) is 6.14. The molecule has 1 aliphatic heterocycles. The van der Waals surface area contributed by atoms with Crippen molar-refractivity contribution >= 4 is 5.91 Å². The van der Waals surface area contributed by atoms with Crippen LogP contribution in [-0.2, 0) is 4.79 Å². The van der Waals surface area contributed by atoms with Crippen molar-refractivity contribution in [2.24, 2.45) is 5.73 Å². The van der Waals surface area contributed by atoms with E-state index in [1.54, 1.807) is 0 Å². The van der Waals surface area contributed by atoms with Crippen molar-refractivity contribution in [2.45, 2.75) is 6.92 Å². The van der Waals surface area contributed by atoms with Crippen LogP contribution in [0.3, 0.4) is 0 Å². The number of amides is 1. The van der Waals surface area contributed by atoms with Gasteiger partial charge >= 0.3 is 0 Å². The minimum absolute atomic E-state index is 0.284. The summed E-state index contributed by atoms with van der Waals surface area (Å²) >= 11 is 0. The third-order valence-electron chi connectivity index (χ3n) is 1.64. The molecule has 0 bridgehead atoms. The Labute approximate surface area is 66.2 Å². The first kappa shape index (κ1) is 7.85. The van der Waals surface area contributed by atoms with Gasteiger partial charge in [0.05, 0.1) is 6.54 Å². The highest BCUT2D eigenvalue weighted by Gasteiger charge is 2.07. The molecular formula is C8H12N2O. The summed E-state index contributed by atoms with van der Waals surface area (Å²) in [6, 6.07) is 0. The van der Waals surface area contributed by atoms with E-state index in [4.69, 9.17) is 5.73 Å². The molecule has 60 valence electrons. The summed E-state index contributed by atoms with van der Waals surface area (Å²) in [6.07, 6.45) is 5.94. The van der Waals surface area contributed by atoms with Gasteiger partial charge in [0.1, 0.15) is 0 Å².